The van der Waals surface area contributed by atoms with Crippen LogP contribution < -0.4 is 16.2 Å². The highest BCUT2D eigenvalue weighted by molar-refractivity contribution is 5.46. The van der Waals surface area contributed by atoms with Crippen molar-refractivity contribution in [3.8, 4) is 5.75 Å². The smallest absolute Gasteiger partial charge is 0.222 e. The first-order valence-corrected chi connectivity index (χ1v) is 3.73. The summed E-state index contributed by atoms with van der Waals surface area (Å²) in [5.74, 6) is 0.798. The van der Waals surface area contributed by atoms with Crippen LogP contribution in [0.25, 0.3) is 0 Å². The SMILES string of the molecule is COCCOc1cnc(N)nc1N. The summed E-state index contributed by atoms with van der Waals surface area (Å²) >= 11 is 0. The number of hydrogen-bond acceptors (Lipinski definition) is 6. The van der Waals surface area contributed by atoms with Gasteiger partial charge in [0.15, 0.2) is 11.6 Å². The number of hydrogen-bond donors (Lipinski definition) is 2. The van der Waals surface area contributed by atoms with Gasteiger partial charge < -0.3 is 20.9 Å². The summed E-state index contributed by atoms with van der Waals surface area (Å²) < 4.78 is 10.00. The number of ether oxygens (including phenoxy) is 2. The minimum atomic E-state index is 0.136. The number of methoxy groups -OCH3 is 1. The van der Waals surface area contributed by atoms with Gasteiger partial charge >= 0.3 is 0 Å². The van der Waals surface area contributed by atoms with Gasteiger partial charge in [0.1, 0.15) is 6.61 Å². The van der Waals surface area contributed by atoms with Gasteiger partial charge in [-0.1, -0.05) is 0 Å². The van der Waals surface area contributed by atoms with E-state index in [1.807, 2.05) is 0 Å². The van der Waals surface area contributed by atoms with Crippen LogP contribution >= 0.6 is 0 Å². The van der Waals surface area contributed by atoms with E-state index < -0.39 is 0 Å². The fourth-order valence-electron chi connectivity index (χ4n) is 0.744. The Balaban J connectivity index is 2.56. The molecule has 4 N–H and O–H groups in total. The molecule has 0 unspecified atom stereocenters. The van der Waals surface area contributed by atoms with Crippen LogP contribution in [0.15, 0.2) is 6.20 Å². The number of aromatic nitrogens is 2. The summed E-state index contributed by atoms with van der Waals surface area (Å²) in [7, 11) is 1.59. The molecule has 0 amide bonds. The largest absolute Gasteiger partial charge is 0.486 e. The Bertz CT molecular complexity index is 279. The predicted octanol–water partition coefficient (Wildman–Crippen LogP) is -0.334. The third-order valence-corrected chi connectivity index (χ3v) is 1.35. The molecule has 6 nitrogen and oxygen atoms in total. The van der Waals surface area contributed by atoms with Gasteiger partial charge in [0, 0.05) is 7.11 Å². The molecule has 0 radical (unpaired) electrons. The number of rotatable bonds is 4. The van der Waals surface area contributed by atoms with Crippen molar-refractivity contribution in [2.75, 3.05) is 31.8 Å². The van der Waals surface area contributed by atoms with Crippen molar-refractivity contribution < 1.29 is 9.47 Å². The molecule has 0 atom stereocenters. The van der Waals surface area contributed by atoms with E-state index in [-0.39, 0.29) is 11.8 Å². The van der Waals surface area contributed by atoms with Gasteiger partial charge in [0.05, 0.1) is 12.8 Å². The second-order valence-electron chi connectivity index (χ2n) is 2.32. The van der Waals surface area contributed by atoms with Crippen molar-refractivity contribution >= 4 is 11.8 Å². The fourth-order valence-corrected chi connectivity index (χ4v) is 0.744. The molecular weight excluding hydrogens is 172 g/mol. The summed E-state index contributed by atoms with van der Waals surface area (Å²) in [6.07, 6.45) is 1.44. The van der Waals surface area contributed by atoms with Gasteiger partial charge in [-0.25, -0.2) is 4.98 Å². The summed E-state index contributed by atoms with van der Waals surface area (Å²) in [4.78, 5) is 7.47. The predicted molar refractivity (Wildman–Crippen MR) is 48.2 cm³/mol. The molecule has 0 saturated carbocycles. The lowest BCUT2D eigenvalue weighted by molar-refractivity contribution is 0.146. The summed E-state index contributed by atoms with van der Waals surface area (Å²) in [6, 6.07) is 0. The number of nitrogens with two attached hydrogens (primary N) is 2. The van der Waals surface area contributed by atoms with E-state index in [1.54, 1.807) is 7.11 Å². The topological polar surface area (TPSA) is 96.3 Å². The Morgan fingerprint density at radius 2 is 2.15 bits per heavy atom. The maximum atomic E-state index is 5.51. The lowest BCUT2D eigenvalue weighted by Crippen LogP contribution is -2.08. The maximum Gasteiger partial charge on any atom is 0.222 e. The van der Waals surface area contributed by atoms with Crippen LogP contribution in [0.2, 0.25) is 0 Å². The zero-order valence-corrected chi connectivity index (χ0v) is 7.36. The standard InChI is InChI=1S/C7H12N4O2/c1-12-2-3-13-5-4-10-7(9)11-6(5)8/h4H,2-3H2,1H3,(H4,8,9,10,11). The molecule has 1 aromatic rings. The Labute approximate surface area is 75.9 Å². The van der Waals surface area contributed by atoms with Crippen LogP contribution in [0, 0.1) is 0 Å². The molecule has 0 saturated heterocycles. The molecule has 0 spiro atoms. The molecule has 0 fully saturated rings. The number of nitrogen functional groups attached to an aromatic ring is 2. The number of anilines is 2. The van der Waals surface area contributed by atoms with Gasteiger partial charge in [-0.15, -0.1) is 0 Å². The van der Waals surface area contributed by atoms with E-state index in [2.05, 4.69) is 9.97 Å². The van der Waals surface area contributed by atoms with Gasteiger partial charge in [0.2, 0.25) is 5.95 Å². The van der Waals surface area contributed by atoms with Gasteiger partial charge in [-0.2, -0.15) is 4.98 Å². The Morgan fingerprint density at radius 3 is 2.77 bits per heavy atom. The number of nitrogens with zero attached hydrogens (tertiary/aromatic N) is 2. The first kappa shape index (κ1) is 9.53. The molecule has 0 aliphatic carbocycles. The molecule has 0 aliphatic heterocycles. The average Bonchev–Trinajstić information content (AvgIpc) is 2.09. The molecule has 1 aromatic heterocycles. The van der Waals surface area contributed by atoms with E-state index >= 15 is 0 Å². The monoisotopic (exact) mass is 184 g/mol. The van der Waals surface area contributed by atoms with Gasteiger partial charge in [-0.3, -0.25) is 0 Å². The van der Waals surface area contributed by atoms with Gasteiger partial charge in [-0.05, 0) is 0 Å². The van der Waals surface area contributed by atoms with Crippen LogP contribution in [-0.2, 0) is 4.74 Å². The minimum Gasteiger partial charge on any atom is -0.486 e. The van der Waals surface area contributed by atoms with Crippen LogP contribution in [-0.4, -0.2) is 30.3 Å². The Kier molecular flexibility index (Phi) is 3.27. The van der Waals surface area contributed by atoms with Crippen molar-refractivity contribution in [2.45, 2.75) is 0 Å². The average molecular weight is 184 g/mol. The van der Waals surface area contributed by atoms with Crippen molar-refractivity contribution in [3.63, 3.8) is 0 Å². The third kappa shape index (κ3) is 2.75. The second-order valence-corrected chi connectivity index (χ2v) is 2.32. The molecule has 0 aromatic carbocycles. The van der Waals surface area contributed by atoms with E-state index in [9.17, 15) is 0 Å². The van der Waals surface area contributed by atoms with E-state index in [0.29, 0.717) is 19.0 Å². The first-order chi connectivity index (χ1) is 6.24. The highest BCUT2D eigenvalue weighted by Crippen LogP contribution is 2.17. The second kappa shape index (κ2) is 4.46. The van der Waals surface area contributed by atoms with E-state index in [1.165, 1.54) is 6.20 Å². The van der Waals surface area contributed by atoms with Gasteiger partial charge in [0.25, 0.3) is 0 Å². The van der Waals surface area contributed by atoms with E-state index in [4.69, 9.17) is 20.9 Å². The van der Waals surface area contributed by atoms with Crippen molar-refractivity contribution in [1.82, 2.24) is 9.97 Å². The maximum absolute atomic E-state index is 5.51. The minimum absolute atomic E-state index is 0.136. The summed E-state index contributed by atoms with van der Waals surface area (Å²) in [6.45, 7) is 0.901. The van der Waals surface area contributed by atoms with Crippen LogP contribution in [0.3, 0.4) is 0 Å². The normalized spacial score (nSPS) is 9.92. The molecular formula is C7H12N4O2. The molecule has 1 heterocycles. The zero-order chi connectivity index (χ0) is 9.68. The highest BCUT2D eigenvalue weighted by Gasteiger charge is 2.02. The quantitative estimate of drug-likeness (QED) is 0.622. The van der Waals surface area contributed by atoms with Crippen molar-refractivity contribution in [2.24, 2.45) is 0 Å². The fraction of sp³-hybridized carbons (Fsp3) is 0.429. The summed E-state index contributed by atoms with van der Waals surface area (Å²) in [5, 5.41) is 0. The first-order valence-electron chi connectivity index (χ1n) is 3.73. The Morgan fingerprint density at radius 1 is 1.38 bits per heavy atom. The van der Waals surface area contributed by atoms with Crippen LogP contribution in [0.1, 0.15) is 0 Å². The zero-order valence-electron chi connectivity index (χ0n) is 7.36. The molecule has 72 valence electrons. The van der Waals surface area contributed by atoms with E-state index in [0.717, 1.165) is 0 Å². The molecule has 0 aliphatic rings. The molecule has 13 heavy (non-hydrogen) atoms. The summed E-state index contributed by atoms with van der Waals surface area (Å²) in [5.41, 5.74) is 10.8. The lowest BCUT2D eigenvalue weighted by Gasteiger charge is -2.06. The molecule has 0 bridgehead atoms. The highest BCUT2D eigenvalue weighted by atomic mass is 16.5. The Hall–Kier alpha value is -1.56. The lowest BCUT2D eigenvalue weighted by atomic mass is 10.5. The third-order valence-electron chi connectivity index (χ3n) is 1.35. The van der Waals surface area contributed by atoms with Crippen molar-refractivity contribution in [1.29, 1.82) is 0 Å². The van der Waals surface area contributed by atoms with Crippen LogP contribution in [0.5, 0.6) is 5.75 Å². The molecule has 6 heteroatoms. The van der Waals surface area contributed by atoms with Crippen molar-refractivity contribution in [3.05, 3.63) is 6.20 Å². The van der Waals surface area contributed by atoms with Crippen LogP contribution in [0.4, 0.5) is 11.8 Å². The molecule has 1 rings (SSSR count).